The van der Waals surface area contributed by atoms with Crippen LogP contribution < -0.4 is 4.90 Å². The lowest BCUT2D eigenvalue weighted by molar-refractivity contribution is -0.117. The zero-order valence-electron chi connectivity index (χ0n) is 16.1. The van der Waals surface area contributed by atoms with E-state index in [9.17, 15) is 13.2 Å². The van der Waals surface area contributed by atoms with Crippen LogP contribution in [0.5, 0.6) is 0 Å². The second kappa shape index (κ2) is 7.78. The summed E-state index contributed by atoms with van der Waals surface area (Å²) in [6.45, 7) is 3.99. The summed E-state index contributed by atoms with van der Waals surface area (Å²) in [7, 11) is -3.09. The fourth-order valence-corrected chi connectivity index (χ4v) is 7.98. The number of benzene rings is 2. The summed E-state index contributed by atoms with van der Waals surface area (Å²) in [6.07, 6.45) is 0.176. The second-order valence-corrected chi connectivity index (χ2v) is 11.3. The molecular formula is C21H21ClN2O3S2. The molecule has 5 nitrogen and oxygen atoms in total. The Kier molecular flexibility index (Phi) is 5.48. The van der Waals surface area contributed by atoms with Crippen LogP contribution in [0.2, 0.25) is 5.02 Å². The average Bonchev–Trinajstić information content (AvgIpc) is 3.09. The number of amidine groups is 1. The molecule has 0 spiro atoms. The largest absolute Gasteiger partial charge is 0.315 e. The molecule has 0 saturated carbocycles. The molecule has 2 saturated heterocycles. The predicted octanol–water partition coefficient (Wildman–Crippen LogP) is 3.80. The predicted molar refractivity (Wildman–Crippen MR) is 120 cm³/mol. The number of hydrogen-bond acceptors (Lipinski definition) is 4. The Balaban J connectivity index is 1.69. The highest BCUT2D eigenvalue weighted by Gasteiger charge is 2.49. The third kappa shape index (κ3) is 4.22. The number of thioether (sulfide) groups is 1. The Hall–Kier alpha value is -1.83. The zero-order chi connectivity index (χ0) is 20.8. The molecule has 152 valence electrons. The minimum Gasteiger partial charge on any atom is -0.315 e. The van der Waals surface area contributed by atoms with Gasteiger partial charge in [0.15, 0.2) is 15.0 Å². The number of nitrogens with zero attached hydrogens (tertiary/aromatic N) is 2. The molecule has 2 aromatic carbocycles. The molecule has 2 aliphatic rings. The maximum absolute atomic E-state index is 12.7. The number of fused-ring (bicyclic) bond motifs is 1. The number of hydrogen-bond donors (Lipinski definition) is 0. The van der Waals surface area contributed by atoms with E-state index in [4.69, 9.17) is 11.6 Å². The van der Waals surface area contributed by atoms with Crippen molar-refractivity contribution < 1.29 is 13.2 Å². The monoisotopic (exact) mass is 448 g/mol. The summed E-state index contributed by atoms with van der Waals surface area (Å²) in [5, 5.41) is 1.10. The second-order valence-electron chi connectivity index (χ2n) is 7.50. The Morgan fingerprint density at radius 2 is 1.79 bits per heavy atom. The van der Waals surface area contributed by atoms with Crippen molar-refractivity contribution in [1.82, 2.24) is 0 Å². The summed E-state index contributed by atoms with van der Waals surface area (Å²) in [5.41, 5.74) is 3.86. The Morgan fingerprint density at radius 1 is 1.14 bits per heavy atom. The van der Waals surface area contributed by atoms with Gasteiger partial charge in [-0.2, -0.15) is 4.99 Å². The maximum atomic E-state index is 12.7. The first kappa shape index (κ1) is 20.4. The standard InChI is InChI=1S/C21H21ClN2O3S2/c1-13-4-3-5-14(2)20(13)24-17-11-29(26,27)12-18(17)28-21(24)23-19(25)10-15-6-8-16(22)9-7-15/h3-9,17-18H,10-12H2,1-2H3/t17-,18-/m1/s1. The molecule has 0 aliphatic carbocycles. The molecule has 1 amide bonds. The van der Waals surface area contributed by atoms with Crippen molar-refractivity contribution >= 4 is 50.0 Å². The van der Waals surface area contributed by atoms with Gasteiger partial charge in [-0.15, -0.1) is 0 Å². The molecule has 0 aromatic heterocycles. The number of halogens is 1. The van der Waals surface area contributed by atoms with E-state index in [1.54, 1.807) is 12.1 Å². The van der Waals surface area contributed by atoms with E-state index in [0.717, 1.165) is 22.4 Å². The van der Waals surface area contributed by atoms with Crippen molar-refractivity contribution in [2.24, 2.45) is 4.99 Å². The van der Waals surface area contributed by atoms with Gasteiger partial charge in [0.2, 0.25) is 0 Å². The molecule has 2 heterocycles. The summed E-state index contributed by atoms with van der Waals surface area (Å²) in [4.78, 5) is 19.0. The van der Waals surface area contributed by atoms with Crippen molar-refractivity contribution in [3.05, 3.63) is 64.2 Å². The van der Waals surface area contributed by atoms with Crippen molar-refractivity contribution in [2.75, 3.05) is 16.4 Å². The summed E-state index contributed by atoms with van der Waals surface area (Å²) >= 11 is 7.31. The van der Waals surface area contributed by atoms with Crippen LogP contribution in [0.15, 0.2) is 47.5 Å². The Labute approximate surface area is 180 Å². The fourth-order valence-electron chi connectivity index (χ4n) is 3.93. The van der Waals surface area contributed by atoms with Gasteiger partial charge in [0.05, 0.1) is 24.0 Å². The van der Waals surface area contributed by atoms with E-state index in [2.05, 4.69) is 4.99 Å². The van der Waals surface area contributed by atoms with Crippen LogP contribution >= 0.6 is 23.4 Å². The molecule has 0 N–H and O–H groups in total. The van der Waals surface area contributed by atoms with Crippen molar-refractivity contribution in [1.29, 1.82) is 0 Å². The fraction of sp³-hybridized carbons (Fsp3) is 0.333. The SMILES string of the molecule is Cc1cccc(C)c1N1C(=NC(=O)Cc2ccc(Cl)cc2)S[C@@H]2CS(=O)(=O)C[C@H]21. The first-order valence-electron chi connectivity index (χ1n) is 9.32. The quantitative estimate of drug-likeness (QED) is 0.714. The van der Waals surface area contributed by atoms with Crippen LogP contribution in [0.25, 0.3) is 0 Å². The van der Waals surface area contributed by atoms with Gasteiger partial charge < -0.3 is 4.90 Å². The number of aryl methyl sites for hydroxylation is 2. The number of para-hydroxylation sites is 1. The molecule has 0 unspecified atom stereocenters. The smallest absolute Gasteiger partial charge is 0.252 e. The molecule has 2 aliphatic heterocycles. The highest BCUT2D eigenvalue weighted by Crippen LogP contribution is 2.43. The van der Waals surface area contributed by atoms with E-state index in [1.807, 2.05) is 49.1 Å². The lowest BCUT2D eigenvalue weighted by Crippen LogP contribution is -2.38. The molecule has 2 fully saturated rings. The number of sulfone groups is 1. The van der Waals surface area contributed by atoms with Crippen LogP contribution in [0.1, 0.15) is 16.7 Å². The van der Waals surface area contributed by atoms with Gasteiger partial charge in [0, 0.05) is 16.0 Å². The minimum absolute atomic E-state index is 0.0861. The van der Waals surface area contributed by atoms with Crippen LogP contribution in [-0.4, -0.2) is 42.3 Å². The highest BCUT2D eigenvalue weighted by atomic mass is 35.5. The number of rotatable bonds is 3. The molecule has 2 atom stereocenters. The van der Waals surface area contributed by atoms with E-state index < -0.39 is 9.84 Å². The first-order valence-corrected chi connectivity index (χ1v) is 12.4. The summed E-state index contributed by atoms with van der Waals surface area (Å²) in [5.74, 6) is -0.0503. The number of carbonyl (C=O) groups is 1. The normalized spacial score (nSPS) is 24.1. The Morgan fingerprint density at radius 3 is 2.45 bits per heavy atom. The average molecular weight is 449 g/mol. The van der Waals surface area contributed by atoms with Crippen LogP contribution in [0.4, 0.5) is 5.69 Å². The summed E-state index contributed by atoms with van der Waals surface area (Å²) < 4.78 is 24.5. The Bertz CT molecular complexity index is 1080. The number of carbonyl (C=O) groups excluding carboxylic acids is 1. The van der Waals surface area contributed by atoms with E-state index >= 15 is 0 Å². The molecule has 0 bridgehead atoms. The van der Waals surface area contributed by atoms with Crippen LogP contribution in [-0.2, 0) is 21.1 Å². The third-order valence-corrected chi connectivity index (χ3v) is 8.70. The van der Waals surface area contributed by atoms with Gasteiger partial charge in [-0.3, -0.25) is 4.79 Å². The van der Waals surface area contributed by atoms with E-state index in [1.165, 1.54) is 11.8 Å². The third-order valence-electron chi connectivity index (χ3n) is 5.24. The number of anilines is 1. The molecular weight excluding hydrogens is 428 g/mol. The molecule has 29 heavy (non-hydrogen) atoms. The number of aliphatic imine (C=N–C) groups is 1. The van der Waals surface area contributed by atoms with Crippen molar-refractivity contribution in [2.45, 2.75) is 31.6 Å². The molecule has 0 radical (unpaired) electrons. The van der Waals surface area contributed by atoms with Crippen LogP contribution in [0, 0.1) is 13.8 Å². The zero-order valence-corrected chi connectivity index (χ0v) is 18.5. The lowest BCUT2D eigenvalue weighted by Gasteiger charge is -2.28. The molecule has 8 heteroatoms. The van der Waals surface area contributed by atoms with Gasteiger partial charge in [-0.25, -0.2) is 8.42 Å². The highest BCUT2D eigenvalue weighted by molar-refractivity contribution is 8.16. The van der Waals surface area contributed by atoms with E-state index in [-0.39, 0.29) is 35.1 Å². The van der Waals surface area contributed by atoms with Gasteiger partial charge in [0.1, 0.15) is 0 Å². The molecule has 4 rings (SSSR count). The first-order chi connectivity index (χ1) is 13.7. The van der Waals surface area contributed by atoms with Crippen molar-refractivity contribution in [3.63, 3.8) is 0 Å². The van der Waals surface area contributed by atoms with Crippen molar-refractivity contribution in [3.8, 4) is 0 Å². The maximum Gasteiger partial charge on any atom is 0.252 e. The van der Waals surface area contributed by atoms with Gasteiger partial charge in [-0.1, -0.05) is 53.7 Å². The van der Waals surface area contributed by atoms with Gasteiger partial charge in [-0.05, 0) is 42.7 Å². The molecule has 2 aromatic rings. The topological polar surface area (TPSA) is 66.8 Å². The van der Waals surface area contributed by atoms with Gasteiger partial charge >= 0.3 is 0 Å². The minimum atomic E-state index is -3.09. The summed E-state index contributed by atoms with van der Waals surface area (Å²) in [6, 6.07) is 12.9. The van der Waals surface area contributed by atoms with Crippen LogP contribution in [0.3, 0.4) is 0 Å². The van der Waals surface area contributed by atoms with E-state index in [0.29, 0.717) is 10.2 Å². The number of amides is 1. The lowest BCUT2D eigenvalue weighted by atomic mass is 10.1. The van der Waals surface area contributed by atoms with Gasteiger partial charge in [0.25, 0.3) is 5.91 Å².